The number of rotatable bonds is 5. The molecule has 0 saturated carbocycles. The zero-order chi connectivity index (χ0) is 16.4. The maximum Gasteiger partial charge on any atom is 0.337 e. The molecule has 118 valence electrons. The first kappa shape index (κ1) is 17.6. The molecule has 1 aromatic carbocycles. The lowest BCUT2D eigenvalue weighted by molar-refractivity contribution is 0.0534. The second-order valence-electron chi connectivity index (χ2n) is 4.46. The highest BCUT2D eigenvalue weighted by molar-refractivity contribution is 5.86. The zero-order valence-corrected chi connectivity index (χ0v) is 12.2. The number of aromatic carboxylic acids is 1. The van der Waals surface area contributed by atoms with Gasteiger partial charge in [0.2, 0.25) is 0 Å². The number of carbonyl (C=O) groups is 1. The minimum absolute atomic E-state index is 0.126. The minimum Gasteiger partial charge on any atom is -0.491 e. The van der Waals surface area contributed by atoms with Crippen LogP contribution in [0.15, 0.2) is 48.8 Å². The molecule has 2 aromatic rings. The Morgan fingerprint density at radius 3 is 2.50 bits per heavy atom. The van der Waals surface area contributed by atoms with Gasteiger partial charge in [0.1, 0.15) is 18.5 Å². The van der Waals surface area contributed by atoms with E-state index in [4.69, 9.17) is 20.1 Å². The molecule has 0 saturated heterocycles. The summed E-state index contributed by atoms with van der Waals surface area (Å²) in [5.41, 5.74) is 1.24. The van der Waals surface area contributed by atoms with Crippen LogP contribution in [-0.4, -0.2) is 45.6 Å². The van der Waals surface area contributed by atoms with Crippen molar-refractivity contribution in [3.8, 4) is 5.75 Å². The van der Waals surface area contributed by atoms with Gasteiger partial charge in [0.15, 0.2) is 0 Å². The van der Waals surface area contributed by atoms with Gasteiger partial charge in [-0.2, -0.15) is 0 Å². The summed E-state index contributed by atoms with van der Waals surface area (Å²) in [7, 11) is 0. The van der Waals surface area contributed by atoms with E-state index < -0.39 is 12.1 Å². The highest BCUT2D eigenvalue weighted by atomic mass is 16.5. The first-order chi connectivity index (χ1) is 10.5. The summed E-state index contributed by atoms with van der Waals surface area (Å²) in [6, 6.07) is 10.6. The number of benzene rings is 1. The van der Waals surface area contributed by atoms with Crippen LogP contribution >= 0.6 is 0 Å². The molecule has 6 nitrogen and oxygen atoms in total. The second-order valence-corrected chi connectivity index (χ2v) is 4.46. The summed E-state index contributed by atoms with van der Waals surface area (Å²) >= 11 is 0. The fraction of sp³-hybridized carbons (Fsp3) is 0.250. The topological polar surface area (TPSA) is 99.9 Å². The Hall–Kier alpha value is -2.44. The van der Waals surface area contributed by atoms with Gasteiger partial charge in [0, 0.05) is 12.4 Å². The van der Waals surface area contributed by atoms with Gasteiger partial charge >= 0.3 is 5.97 Å². The van der Waals surface area contributed by atoms with Crippen molar-refractivity contribution in [2.75, 3.05) is 13.2 Å². The second kappa shape index (κ2) is 9.49. The number of nitrogens with zero attached hydrogens (tertiary/aromatic N) is 1. The molecule has 3 N–H and O–H groups in total. The Bertz CT molecular complexity index is 574. The van der Waals surface area contributed by atoms with E-state index in [0.717, 1.165) is 11.3 Å². The maximum absolute atomic E-state index is 10.2. The fourth-order valence-electron chi connectivity index (χ4n) is 1.45. The van der Waals surface area contributed by atoms with Crippen molar-refractivity contribution < 1.29 is 24.9 Å². The minimum atomic E-state index is -0.942. The lowest BCUT2D eigenvalue weighted by Crippen LogP contribution is -2.21. The zero-order valence-electron chi connectivity index (χ0n) is 12.2. The lowest BCUT2D eigenvalue weighted by Gasteiger charge is -2.11. The van der Waals surface area contributed by atoms with Gasteiger partial charge in [-0.3, -0.25) is 4.98 Å². The van der Waals surface area contributed by atoms with Crippen LogP contribution in [0.25, 0.3) is 0 Å². The van der Waals surface area contributed by atoms with Gasteiger partial charge in [0.25, 0.3) is 0 Å². The molecule has 0 aliphatic rings. The average molecular weight is 305 g/mol. The maximum atomic E-state index is 10.2. The molecule has 0 bridgehead atoms. The fourth-order valence-corrected chi connectivity index (χ4v) is 1.45. The van der Waals surface area contributed by atoms with E-state index in [9.17, 15) is 4.79 Å². The van der Waals surface area contributed by atoms with E-state index >= 15 is 0 Å². The molecule has 22 heavy (non-hydrogen) atoms. The van der Waals surface area contributed by atoms with E-state index in [1.807, 2.05) is 31.2 Å². The number of para-hydroxylation sites is 1. The smallest absolute Gasteiger partial charge is 0.337 e. The highest BCUT2D eigenvalue weighted by Gasteiger charge is 2.03. The number of aliphatic hydroxyl groups is 2. The van der Waals surface area contributed by atoms with Crippen LogP contribution in [0.1, 0.15) is 15.9 Å². The van der Waals surface area contributed by atoms with Gasteiger partial charge in [-0.05, 0) is 30.7 Å². The van der Waals surface area contributed by atoms with Crippen LogP contribution in [0.3, 0.4) is 0 Å². The molecule has 0 aliphatic carbocycles. The Morgan fingerprint density at radius 2 is 2.00 bits per heavy atom. The van der Waals surface area contributed by atoms with Gasteiger partial charge in [-0.15, -0.1) is 0 Å². The molecule has 0 aliphatic heterocycles. The number of aromatic nitrogens is 1. The average Bonchev–Trinajstić information content (AvgIpc) is 2.55. The van der Waals surface area contributed by atoms with E-state index in [-0.39, 0.29) is 18.8 Å². The molecule has 0 fully saturated rings. The third-order valence-corrected chi connectivity index (χ3v) is 2.64. The number of hydrogen-bond donors (Lipinski definition) is 3. The molecule has 1 aromatic heterocycles. The number of aryl methyl sites for hydroxylation is 1. The van der Waals surface area contributed by atoms with Crippen LogP contribution in [0.2, 0.25) is 0 Å². The van der Waals surface area contributed by atoms with Crippen molar-refractivity contribution in [3.05, 3.63) is 59.9 Å². The Kier molecular flexibility index (Phi) is 7.60. The molecule has 1 atom stereocenters. The van der Waals surface area contributed by atoms with Crippen molar-refractivity contribution >= 4 is 5.97 Å². The Labute approximate surface area is 128 Å². The van der Waals surface area contributed by atoms with Crippen molar-refractivity contribution in [2.45, 2.75) is 13.0 Å². The molecule has 0 amide bonds. The summed E-state index contributed by atoms with van der Waals surface area (Å²) in [6.45, 7) is 1.79. The first-order valence-electron chi connectivity index (χ1n) is 6.65. The SMILES string of the molecule is Cc1ccccc1OCC(O)CO.O=C(O)c1cccnc1. The third-order valence-electron chi connectivity index (χ3n) is 2.64. The molecule has 2 rings (SSSR count). The predicted molar refractivity (Wildman–Crippen MR) is 81.0 cm³/mol. The predicted octanol–water partition coefficient (Wildman–Crippen LogP) is 1.51. The van der Waals surface area contributed by atoms with Crippen molar-refractivity contribution in [2.24, 2.45) is 0 Å². The van der Waals surface area contributed by atoms with Crippen LogP contribution in [0.5, 0.6) is 5.75 Å². The van der Waals surface area contributed by atoms with Gasteiger partial charge in [-0.25, -0.2) is 4.79 Å². The van der Waals surface area contributed by atoms with Crippen LogP contribution in [0, 0.1) is 6.92 Å². The Balaban J connectivity index is 0.000000235. The van der Waals surface area contributed by atoms with Crippen LogP contribution in [-0.2, 0) is 0 Å². The lowest BCUT2D eigenvalue weighted by atomic mass is 10.2. The van der Waals surface area contributed by atoms with Crippen molar-refractivity contribution in [1.29, 1.82) is 0 Å². The molecule has 6 heteroatoms. The summed E-state index contributed by atoms with van der Waals surface area (Å²) in [6.07, 6.45) is 2.04. The van der Waals surface area contributed by atoms with Crippen LogP contribution < -0.4 is 4.74 Å². The summed E-state index contributed by atoms with van der Waals surface area (Å²) in [5.74, 6) is -0.196. The molecular weight excluding hydrogens is 286 g/mol. The number of carboxylic acids is 1. The largest absolute Gasteiger partial charge is 0.491 e. The molecular formula is C16H19NO5. The van der Waals surface area contributed by atoms with Crippen molar-refractivity contribution in [3.63, 3.8) is 0 Å². The van der Waals surface area contributed by atoms with E-state index in [1.165, 1.54) is 18.5 Å². The standard InChI is InChI=1S/C10H14O3.C6H5NO2/c1-8-4-2-3-5-10(8)13-7-9(12)6-11;8-6(9)5-2-1-3-7-4-5/h2-5,9,11-12H,6-7H2,1H3;1-4H,(H,8,9). The summed E-state index contributed by atoms with van der Waals surface area (Å²) < 4.78 is 5.28. The molecule has 0 spiro atoms. The van der Waals surface area contributed by atoms with Gasteiger partial charge in [0.05, 0.1) is 12.2 Å². The van der Waals surface area contributed by atoms with Crippen molar-refractivity contribution in [1.82, 2.24) is 4.98 Å². The van der Waals surface area contributed by atoms with Gasteiger partial charge in [-0.1, -0.05) is 18.2 Å². The number of hydrogen-bond acceptors (Lipinski definition) is 5. The van der Waals surface area contributed by atoms with E-state index in [2.05, 4.69) is 4.98 Å². The van der Waals surface area contributed by atoms with Crippen LogP contribution in [0.4, 0.5) is 0 Å². The number of pyridine rings is 1. The Morgan fingerprint density at radius 1 is 1.27 bits per heavy atom. The normalized spacial score (nSPS) is 11.0. The van der Waals surface area contributed by atoms with E-state index in [0.29, 0.717) is 0 Å². The third kappa shape index (κ3) is 6.34. The van der Waals surface area contributed by atoms with Gasteiger partial charge < -0.3 is 20.1 Å². The molecule has 1 unspecified atom stereocenters. The quantitative estimate of drug-likeness (QED) is 0.774. The summed E-state index contributed by atoms with van der Waals surface area (Å²) in [4.78, 5) is 13.8. The van der Waals surface area contributed by atoms with E-state index in [1.54, 1.807) is 6.07 Å². The number of ether oxygens (including phenoxy) is 1. The highest BCUT2D eigenvalue weighted by Crippen LogP contribution is 2.15. The first-order valence-corrected chi connectivity index (χ1v) is 6.65. The summed E-state index contributed by atoms with van der Waals surface area (Å²) in [5, 5.41) is 25.9. The molecule has 0 radical (unpaired) electrons. The number of aliphatic hydroxyl groups excluding tert-OH is 2. The molecule has 1 heterocycles. The number of carboxylic acid groups (broad SMARTS) is 1. The monoisotopic (exact) mass is 305 g/mol.